The van der Waals surface area contributed by atoms with Gasteiger partial charge in [-0.3, -0.25) is 4.68 Å². The molecular formula is C9H13N3. The van der Waals surface area contributed by atoms with Gasteiger partial charge in [-0.25, -0.2) is 0 Å². The maximum Gasteiger partial charge on any atom is 0.0576 e. The average Bonchev–Trinajstić information content (AvgIpc) is 2.36. The van der Waals surface area contributed by atoms with Crippen LogP contribution >= 0.6 is 0 Å². The molecule has 0 atom stereocenters. The van der Waals surface area contributed by atoms with Crippen molar-refractivity contribution < 1.29 is 0 Å². The van der Waals surface area contributed by atoms with Gasteiger partial charge in [0, 0.05) is 24.8 Å². The van der Waals surface area contributed by atoms with Gasteiger partial charge in [0.1, 0.15) is 0 Å². The summed E-state index contributed by atoms with van der Waals surface area (Å²) in [6.45, 7) is 3.44. The van der Waals surface area contributed by atoms with E-state index in [9.17, 15) is 0 Å². The molecule has 0 aromatic carbocycles. The van der Waals surface area contributed by atoms with Crippen LogP contribution in [0, 0.1) is 19.3 Å². The highest BCUT2D eigenvalue weighted by atomic mass is 15.3. The molecule has 3 nitrogen and oxygen atoms in total. The van der Waals surface area contributed by atoms with E-state index in [4.69, 9.17) is 6.42 Å². The van der Waals surface area contributed by atoms with Gasteiger partial charge in [0.15, 0.2) is 0 Å². The van der Waals surface area contributed by atoms with Crippen molar-refractivity contribution >= 4 is 0 Å². The number of rotatable bonds is 3. The highest BCUT2D eigenvalue weighted by molar-refractivity contribution is 5.15. The Morgan fingerprint density at radius 2 is 2.50 bits per heavy atom. The molecule has 1 N–H and O–H groups in total. The molecule has 0 saturated carbocycles. The maximum atomic E-state index is 5.10. The predicted octanol–water partition coefficient (Wildman–Crippen LogP) is 0.451. The van der Waals surface area contributed by atoms with E-state index < -0.39 is 0 Å². The molecule has 64 valence electrons. The first-order chi connectivity index (χ1) is 5.75. The van der Waals surface area contributed by atoms with Crippen LogP contribution in [0.4, 0.5) is 0 Å². The summed E-state index contributed by atoms with van der Waals surface area (Å²) < 4.78 is 1.85. The first-order valence-electron chi connectivity index (χ1n) is 3.87. The minimum absolute atomic E-state index is 0.605. The Morgan fingerprint density at radius 1 is 1.75 bits per heavy atom. The fraction of sp³-hybridized carbons (Fsp3) is 0.444. The van der Waals surface area contributed by atoms with Crippen molar-refractivity contribution in [3.8, 4) is 12.3 Å². The van der Waals surface area contributed by atoms with Gasteiger partial charge in [-0.1, -0.05) is 5.92 Å². The molecule has 0 amide bonds. The van der Waals surface area contributed by atoms with Gasteiger partial charge in [-0.2, -0.15) is 5.10 Å². The molecule has 0 aliphatic heterocycles. The molecule has 1 rings (SSSR count). The van der Waals surface area contributed by atoms with Gasteiger partial charge in [0.2, 0.25) is 0 Å². The number of aromatic nitrogens is 2. The zero-order valence-corrected chi connectivity index (χ0v) is 7.46. The van der Waals surface area contributed by atoms with Crippen molar-refractivity contribution in [2.75, 3.05) is 6.54 Å². The van der Waals surface area contributed by atoms with E-state index in [2.05, 4.69) is 16.3 Å². The van der Waals surface area contributed by atoms with Crippen LogP contribution in [-0.2, 0) is 13.6 Å². The van der Waals surface area contributed by atoms with Crippen LogP contribution in [0.1, 0.15) is 11.3 Å². The van der Waals surface area contributed by atoms with Gasteiger partial charge in [-0.15, -0.1) is 6.42 Å². The lowest BCUT2D eigenvalue weighted by Gasteiger charge is -1.99. The minimum atomic E-state index is 0.605. The van der Waals surface area contributed by atoms with E-state index in [0.29, 0.717) is 6.54 Å². The fourth-order valence-electron chi connectivity index (χ4n) is 0.987. The zero-order valence-electron chi connectivity index (χ0n) is 7.46. The third-order valence-corrected chi connectivity index (χ3v) is 1.88. The summed E-state index contributed by atoms with van der Waals surface area (Å²) >= 11 is 0. The summed E-state index contributed by atoms with van der Waals surface area (Å²) in [6.07, 6.45) is 6.96. The Labute approximate surface area is 72.8 Å². The van der Waals surface area contributed by atoms with E-state index in [0.717, 1.165) is 6.54 Å². The molecule has 3 heteroatoms. The smallest absolute Gasteiger partial charge is 0.0576 e. The number of hydrogen-bond donors (Lipinski definition) is 1. The number of nitrogens with zero attached hydrogens (tertiary/aromatic N) is 2. The fourth-order valence-corrected chi connectivity index (χ4v) is 0.987. The summed E-state index contributed by atoms with van der Waals surface area (Å²) in [5.41, 5.74) is 2.38. The lowest BCUT2D eigenvalue weighted by Crippen LogP contribution is -2.13. The van der Waals surface area contributed by atoms with E-state index in [1.807, 2.05) is 24.9 Å². The summed E-state index contributed by atoms with van der Waals surface area (Å²) in [5, 5.41) is 7.24. The molecule has 0 spiro atoms. The molecule has 0 aliphatic carbocycles. The second kappa shape index (κ2) is 3.93. The van der Waals surface area contributed by atoms with Crippen molar-refractivity contribution in [2.45, 2.75) is 13.5 Å². The SMILES string of the molecule is C#CCNCc1cnn(C)c1C. The van der Waals surface area contributed by atoms with Crippen LogP contribution in [-0.4, -0.2) is 16.3 Å². The Balaban J connectivity index is 2.53. The van der Waals surface area contributed by atoms with Crippen LogP contribution in [0.3, 0.4) is 0 Å². The Bertz CT molecular complexity index is 293. The molecule has 1 aromatic rings. The lowest BCUT2D eigenvalue weighted by molar-refractivity contribution is 0.727. The third kappa shape index (κ3) is 1.86. The van der Waals surface area contributed by atoms with E-state index in [1.54, 1.807) is 0 Å². The summed E-state index contributed by atoms with van der Waals surface area (Å²) in [7, 11) is 1.93. The number of hydrogen-bond acceptors (Lipinski definition) is 2. The molecule has 1 aromatic heterocycles. The largest absolute Gasteiger partial charge is 0.302 e. The molecule has 0 fully saturated rings. The monoisotopic (exact) mass is 163 g/mol. The number of terminal acetylenes is 1. The van der Waals surface area contributed by atoms with Crippen LogP contribution in [0.2, 0.25) is 0 Å². The quantitative estimate of drug-likeness (QED) is 0.518. The van der Waals surface area contributed by atoms with Gasteiger partial charge in [0.05, 0.1) is 12.7 Å². The second-order valence-corrected chi connectivity index (χ2v) is 2.69. The van der Waals surface area contributed by atoms with Crippen molar-refractivity contribution in [2.24, 2.45) is 7.05 Å². The second-order valence-electron chi connectivity index (χ2n) is 2.69. The molecule has 0 saturated heterocycles. The van der Waals surface area contributed by atoms with Crippen molar-refractivity contribution in [3.63, 3.8) is 0 Å². The van der Waals surface area contributed by atoms with Gasteiger partial charge in [0.25, 0.3) is 0 Å². The van der Waals surface area contributed by atoms with E-state index >= 15 is 0 Å². The molecule has 1 heterocycles. The van der Waals surface area contributed by atoms with Gasteiger partial charge >= 0.3 is 0 Å². The van der Waals surface area contributed by atoms with Crippen molar-refractivity contribution in [1.29, 1.82) is 0 Å². The van der Waals surface area contributed by atoms with E-state index in [1.165, 1.54) is 11.3 Å². The molecule has 0 unspecified atom stereocenters. The summed E-state index contributed by atoms with van der Waals surface area (Å²) in [4.78, 5) is 0. The molecule has 0 radical (unpaired) electrons. The Morgan fingerprint density at radius 3 is 3.00 bits per heavy atom. The molecule has 12 heavy (non-hydrogen) atoms. The number of aryl methyl sites for hydroxylation is 1. The average molecular weight is 163 g/mol. The first-order valence-corrected chi connectivity index (χ1v) is 3.87. The van der Waals surface area contributed by atoms with E-state index in [-0.39, 0.29) is 0 Å². The lowest BCUT2D eigenvalue weighted by atomic mass is 10.2. The predicted molar refractivity (Wildman–Crippen MR) is 48.5 cm³/mol. The highest BCUT2D eigenvalue weighted by Crippen LogP contribution is 2.03. The highest BCUT2D eigenvalue weighted by Gasteiger charge is 2.01. The molecule has 0 bridgehead atoms. The van der Waals surface area contributed by atoms with Crippen molar-refractivity contribution in [3.05, 3.63) is 17.5 Å². The topological polar surface area (TPSA) is 29.9 Å². The Hall–Kier alpha value is -1.27. The summed E-state index contributed by atoms with van der Waals surface area (Å²) in [6, 6.07) is 0. The number of nitrogens with one attached hydrogen (secondary N) is 1. The van der Waals surface area contributed by atoms with Gasteiger partial charge < -0.3 is 5.32 Å². The molecular weight excluding hydrogens is 150 g/mol. The maximum absolute atomic E-state index is 5.10. The molecule has 0 aliphatic rings. The normalized spacial score (nSPS) is 9.75. The van der Waals surface area contributed by atoms with Gasteiger partial charge in [-0.05, 0) is 6.92 Å². The first kappa shape index (κ1) is 8.82. The van der Waals surface area contributed by atoms with Crippen LogP contribution in [0.15, 0.2) is 6.20 Å². The van der Waals surface area contributed by atoms with Crippen LogP contribution in [0.5, 0.6) is 0 Å². The Kier molecular flexibility index (Phi) is 2.89. The standard InChI is InChI=1S/C9H13N3/c1-4-5-10-6-9-7-11-12(3)8(9)2/h1,7,10H,5-6H2,2-3H3. The van der Waals surface area contributed by atoms with Crippen LogP contribution < -0.4 is 5.32 Å². The third-order valence-electron chi connectivity index (χ3n) is 1.88. The van der Waals surface area contributed by atoms with Crippen molar-refractivity contribution in [1.82, 2.24) is 15.1 Å². The minimum Gasteiger partial charge on any atom is -0.302 e. The summed E-state index contributed by atoms with van der Waals surface area (Å²) in [5.74, 6) is 2.53. The van der Waals surface area contributed by atoms with Crippen LogP contribution in [0.25, 0.3) is 0 Å². The zero-order chi connectivity index (χ0) is 8.97.